The van der Waals surface area contributed by atoms with Crippen molar-refractivity contribution in [1.29, 1.82) is 0 Å². The molecule has 0 saturated carbocycles. The summed E-state index contributed by atoms with van der Waals surface area (Å²) in [6.45, 7) is 4.96. The number of rotatable bonds is 74. The van der Waals surface area contributed by atoms with Crippen molar-refractivity contribution in [3.63, 3.8) is 0 Å². The van der Waals surface area contributed by atoms with Crippen LogP contribution in [0.5, 0.6) is 0 Å². The average Bonchev–Trinajstić information content (AvgIpc) is 3.51. The van der Waals surface area contributed by atoms with E-state index in [1.54, 1.807) is 6.08 Å². The first-order valence-corrected chi connectivity index (χ1v) is 39.1. The molecule has 0 aliphatic rings. The maximum Gasteiger partial charge on any atom is 0.305 e. The third-order valence-electron chi connectivity index (χ3n) is 18.5. The fourth-order valence-corrected chi connectivity index (χ4v) is 12.5. The molecule has 6 heteroatoms. The monoisotopic (exact) mass is 1200 g/mol. The number of allylic oxidation sites excluding steroid dienone is 3. The average molecular weight is 1200 g/mol. The summed E-state index contributed by atoms with van der Waals surface area (Å²) in [6.07, 6.45) is 95.8. The Labute approximate surface area is 532 Å². The Morgan fingerprint density at radius 2 is 0.553 bits per heavy atom. The van der Waals surface area contributed by atoms with Crippen LogP contribution in [0.1, 0.15) is 444 Å². The van der Waals surface area contributed by atoms with Crippen molar-refractivity contribution in [1.82, 2.24) is 5.32 Å². The highest BCUT2D eigenvalue weighted by Crippen LogP contribution is 2.20. The second kappa shape index (κ2) is 74.8. The molecule has 0 saturated heterocycles. The van der Waals surface area contributed by atoms with Gasteiger partial charge in [0.25, 0.3) is 0 Å². The van der Waals surface area contributed by atoms with Crippen LogP contribution in [-0.4, -0.2) is 47.4 Å². The van der Waals surface area contributed by atoms with E-state index in [1.807, 2.05) is 6.08 Å². The minimum Gasteiger partial charge on any atom is -0.466 e. The molecule has 0 spiro atoms. The number of aliphatic hydroxyl groups is 2. The van der Waals surface area contributed by atoms with Gasteiger partial charge in [0.05, 0.1) is 25.4 Å². The fraction of sp³-hybridized carbons (Fsp3) is 0.924. The lowest BCUT2D eigenvalue weighted by Gasteiger charge is -2.20. The van der Waals surface area contributed by atoms with Crippen molar-refractivity contribution in [3.8, 4) is 0 Å². The highest BCUT2D eigenvalue weighted by atomic mass is 16.5. The van der Waals surface area contributed by atoms with Crippen LogP contribution in [0.3, 0.4) is 0 Å². The molecule has 0 bridgehead atoms. The fourth-order valence-electron chi connectivity index (χ4n) is 12.5. The lowest BCUT2D eigenvalue weighted by molar-refractivity contribution is -0.143. The quantitative estimate of drug-likeness (QED) is 0.0320. The number of aliphatic hydroxyl groups excluding tert-OH is 2. The predicted molar refractivity (Wildman–Crippen MR) is 375 cm³/mol. The van der Waals surface area contributed by atoms with Crippen LogP contribution in [0.2, 0.25) is 0 Å². The number of hydrogen-bond donors (Lipinski definition) is 3. The Morgan fingerprint density at radius 1 is 0.318 bits per heavy atom. The van der Waals surface area contributed by atoms with Gasteiger partial charge < -0.3 is 20.3 Å². The highest BCUT2D eigenvalue weighted by Gasteiger charge is 2.18. The van der Waals surface area contributed by atoms with Crippen LogP contribution >= 0.6 is 0 Å². The molecule has 2 unspecified atom stereocenters. The molecular weight excluding hydrogens is 1040 g/mol. The summed E-state index contributed by atoms with van der Waals surface area (Å²) >= 11 is 0. The van der Waals surface area contributed by atoms with E-state index in [2.05, 4.69) is 31.3 Å². The normalized spacial score (nSPS) is 12.6. The molecule has 85 heavy (non-hydrogen) atoms. The summed E-state index contributed by atoms with van der Waals surface area (Å²) in [5.41, 5.74) is 0. The van der Waals surface area contributed by atoms with E-state index in [1.165, 1.54) is 379 Å². The molecule has 6 nitrogen and oxygen atoms in total. The summed E-state index contributed by atoms with van der Waals surface area (Å²) < 4.78 is 5.51. The van der Waals surface area contributed by atoms with Gasteiger partial charge in [0, 0.05) is 12.8 Å². The molecule has 3 N–H and O–H groups in total. The molecule has 0 aromatic heterocycles. The zero-order valence-corrected chi connectivity index (χ0v) is 57.9. The van der Waals surface area contributed by atoms with Gasteiger partial charge in [0.1, 0.15) is 0 Å². The first-order chi connectivity index (χ1) is 42.0. The van der Waals surface area contributed by atoms with E-state index in [0.717, 1.165) is 38.5 Å². The summed E-state index contributed by atoms with van der Waals surface area (Å²) in [4.78, 5) is 24.7. The van der Waals surface area contributed by atoms with Crippen LogP contribution in [0, 0.1) is 0 Å². The Balaban J connectivity index is 3.38. The highest BCUT2D eigenvalue weighted by molar-refractivity contribution is 5.76. The molecule has 0 aromatic rings. The Kier molecular flexibility index (Phi) is 73.3. The van der Waals surface area contributed by atoms with Crippen molar-refractivity contribution in [3.05, 3.63) is 24.3 Å². The first kappa shape index (κ1) is 83.3. The summed E-state index contributed by atoms with van der Waals surface area (Å²) in [6, 6.07) is -0.628. The number of hydrogen-bond acceptors (Lipinski definition) is 5. The third kappa shape index (κ3) is 71.3. The van der Waals surface area contributed by atoms with Crippen LogP contribution in [0.25, 0.3) is 0 Å². The topological polar surface area (TPSA) is 95.9 Å². The molecular formula is C79H153NO5. The van der Waals surface area contributed by atoms with Gasteiger partial charge in [0.2, 0.25) is 5.91 Å². The van der Waals surface area contributed by atoms with Crippen LogP contribution in [0.4, 0.5) is 0 Å². The smallest absolute Gasteiger partial charge is 0.305 e. The molecule has 2 atom stereocenters. The zero-order chi connectivity index (χ0) is 61.3. The van der Waals surface area contributed by atoms with Crippen molar-refractivity contribution < 1.29 is 24.5 Å². The number of unbranched alkanes of at least 4 members (excludes halogenated alkanes) is 61. The SMILES string of the molecule is CCCCCCCCCCCCCCCCCCCCCC/C=C/C(O)C(CO)NC(=O)CCCCCCCCCCCCCCC/C=C\CCCCCCCCCCCCCCOC(=O)CCCCCCCCCCCCCCCCCCC. The third-order valence-corrected chi connectivity index (χ3v) is 18.5. The minimum atomic E-state index is -0.845. The predicted octanol–water partition coefficient (Wildman–Crippen LogP) is 25.7. The Bertz CT molecular complexity index is 1330. The maximum atomic E-state index is 12.5. The molecule has 0 heterocycles. The lowest BCUT2D eigenvalue weighted by atomic mass is 10.0. The second-order valence-electron chi connectivity index (χ2n) is 27.0. The van der Waals surface area contributed by atoms with E-state index in [4.69, 9.17) is 4.74 Å². The van der Waals surface area contributed by atoms with Gasteiger partial charge in [-0.2, -0.15) is 0 Å². The summed E-state index contributed by atoms with van der Waals surface area (Å²) in [5.74, 6) is -0.0411. The molecule has 1 amide bonds. The largest absolute Gasteiger partial charge is 0.466 e. The van der Waals surface area contributed by atoms with E-state index < -0.39 is 12.1 Å². The van der Waals surface area contributed by atoms with Crippen molar-refractivity contribution in [2.75, 3.05) is 13.2 Å². The number of amides is 1. The first-order valence-electron chi connectivity index (χ1n) is 39.1. The van der Waals surface area contributed by atoms with E-state index in [9.17, 15) is 19.8 Å². The minimum absolute atomic E-state index is 0.0212. The van der Waals surface area contributed by atoms with E-state index >= 15 is 0 Å². The number of carbonyl (C=O) groups excluding carboxylic acids is 2. The van der Waals surface area contributed by atoms with Gasteiger partial charge in [0.15, 0.2) is 0 Å². The summed E-state index contributed by atoms with van der Waals surface area (Å²) in [5, 5.41) is 23.3. The van der Waals surface area contributed by atoms with Gasteiger partial charge in [-0.3, -0.25) is 9.59 Å². The standard InChI is InChI=1S/C79H153NO5/c1-3-5-7-9-11-13-15-17-19-21-22-23-33-36-40-43-47-51-55-59-63-67-71-77(82)76(75-81)80-78(83)72-68-64-60-56-52-48-44-41-37-34-31-29-27-25-24-26-28-30-32-35-38-42-46-50-54-58-62-66-70-74-85-79(84)73-69-65-61-57-53-49-45-39-20-18-16-14-12-10-8-6-4-2/h24,26,67,71,76-77,81-82H,3-23,25,27-66,68-70,72-75H2,1-2H3,(H,80,83)/b26-24-,71-67+. The molecule has 0 radical (unpaired) electrons. The van der Waals surface area contributed by atoms with Gasteiger partial charge in [-0.25, -0.2) is 0 Å². The number of nitrogens with one attached hydrogen (secondary N) is 1. The molecule has 0 aliphatic carbocycles. The molecule has 0 fully saturated rings. The van der Waals surface area contributed by atoms with E-state index in [0.29, 0.717) is 19.4 Å². The van der Waals surface area contributed by atoms with Gasteiger partial charge >= 0.3 is 5.97 Å². The lowest BCUT2D eigenvalue weighted by Crippen LogP contribution is -2.45. The number of ether oxygens (including phenoxy) is 1. The zero-order valence-electron chi connectivity index (χ0n) is 57.9. The Hall–Kier alpha value is -1.66. The van der Waals surface area contributed by atoms with Crippen molar-refractivity contribution in [2.24, 2.45) is 0 Å². The Morgan fingerprint density at radius 3 is 0.835 bits per heavy atom. The number of carbonyl (C=O) groups is 2. The number of esters is 1. The molecule has 0 rings (SSSR count). The van der Waals surface area contributed by atoms with Gasteiger partial charge in [-0.1, -0.05) is 398 Å². The second-order valence-corrected chi connectivity index (χ2v) is 27.0. The van der Waals surface area contributed by atoms with Gasteiger partial charge in [-0.05, 0) is 57.8 Å². The van der Waals surface area contributed by atoms with E-state index in [-0.39, 0.29) is 18.5 Å². The molecule has 0 aromatic carbocycles. The molecule has 0 aliphatic heterocycles. The van der Waals surface area contributed by atoms with Crippen LogP contribution in [-0.2, 0) is 14.3 Å². The summed E-state index contributed by atoms with van der Waals surface area (Å²) in [7, 11) is 0. The van der Waals surface area contributed by atoms with Crippen LogP contribution < -0.4 is 5.32 Å². The molecule has 504 valence electrons. The van der Waals surface area contributed by atoms with Crippen molar-refractivity contribution in [2.45, 2.75) is 456 Å². The maximum absolute atomic E-state index is 12.5. The van der Waals surface area contributed by atoms with Gasteiger partial charge in [-0.15, -0.1) is 0 Å². The van der Waals surface area contributed by atoms with Crippen LogP contribution in [0.15, 0.2) is 24.3 Å². The van der Waals surface area contributed by atoms with Crippen molar-refractivity contribution >= 4 is 11.9 Å².